The molecule has 1 amide bonds. The lowest BCUT2D eigenvalue weighted by Crippen LogP contribution is -2.29. The largest absolute Gasteiger partial charge is 0.354 e. The zero-order chi connectivity index (χ0) is 12.8. The first-order chi connectivity index (χ1) is 8.74. The van der Waals surface area contributed by atoms with Gasteiger partial charge in [-0.3, -0.25) is 4.79 Å². The van der Waals surface area contributed by atoms with Gasteiger partial charge in [0.1, 0.15) is 0 Å². The molecule has 2 aromatic rings. The highest BCUT2D eigenvalue weighted by molar-refractivity contribution is 5.78. The molecule has 1 aromatic heterocycles. The Morgan fingerprint density at radius 1 is 1.33 bits per heavy atom. The lowest BCUT2D eigenvalue weighted by molar-refractivity contribution is -0.120. The van der Waals surface area contributed by atoms with Crippen molar-refractivity contribution < 1.29 is 4.79 Å². The normalized spacial score (nSPS) is 10.3. The van der Waals surface area contributed by atoms with Gasteiger partial charge in [-0.15, -0.1) is 10.2 Å². The molecule has 0 aliphatic carbocycles. The van der Waals surface area contributed by atoms with Gasteiger partial charge in [-0.05, 0) is 17.7 Å². The molecule has 1 aromatic carbocycles. The van der Waals surface area contributed by atoms with Crippen molar-refractivity contribution in [2.24, 2.45) is 0 Å². The number of hydrogen-bond acceptors (Lipinski definition) is 4. The number of carbonyl (C=O) groups is 1. The predicted molar refractivity (Wildman–Crippen MR) is 65.7 cm³/mol. The van der Waals surface area contributed by atoms with Crippen LogP contribution in [0.1, 0.15) is 11.1 Å². The van der Waals surface area contributed by atoms with Crippen molar-refractivity contribution >= 4 is 5.91 Å². The van der Waals surface area contributed by atoms with Crippen molar-refractivity contribution in [2.75, 3.05) is 6.54 Å². The Hall–Kier alpha value is -2.24. The van der Waals surface area contributed by atoms with Crippen molar-refractivity contribution in [1.82, 2.24) is 25.5 Å². The molecule has 1 N–H and O–H groups in total. The van der Waals surface area contributed by atoms with Gasteiger partial charge >= 0.3 is 0 Å². The number of nitrogens with one attached hydrogen (secondary N) is 1. The number of carbonyl (C=O) groups excluding carboxylic acids is 1. The summed E-state index contributed by atoms with van der Waals surface area (Å²) in [4.78, 5) is 13.1. The molecule has 0 saturated carbocycles. The lowest BCUT2D eigenvalue weighted by Gasteiger charge is -2.04. The second-order valence-electron chi connectivity index (χ2n) is 4.04. The minimum atomic E-state index is -0.000955. The summed E-state index contributed by atoms with van der Waals surface area (Å²) < 4.78 is 0. The first-order valence-corrected chi connectivity index (χ1v) is 5.77. The van der Waals surface area contributed by atoms with Crippen LogP contribution in [-0.4, -0.2) is 32.7 Å². The van der Waals surface area contributed by atoms with Crippen LogP contribution in [0.4, 0.5) is 0 Å². The van der Waals surface area contributed by atoms with Crippen LogP contribution in [0.3, 0.4) is 0 Å². The number of rotatable bonds is 5. The maximum absolute atomic E-state index is 11.6. The minimum absolute atomic E-state index is 0.000955. The summed E-state index contributed by atoms with van der Waals surface area (Å²) >= 11 is 0. The number of aromatic nitrogens is 4. The van der Waals surface area contributed by atoms with E-state index in [0.717, 1.165) is 5.56 Å². The molecule has 0 fully saturated rings. The second kappa shape index (κ2) is 5.90. The minimum Gasteiger partial charge on any atom is -0.354 e. The van der Waals surface area contributed by atoms with Crippen molar-refractivity contribution in [3.05, 3.63) is 41.7 Å². The summed E-state index contributed by atoms with van der Waals surface area (Å²) in [6, 6.07) is 7.94. The number of hydrogen-bond donors (Lipinski definition) is 1. The quantitative estimate of drug-likeness (QED) is 0.824. The van der Waals surface area contributed by atoms with Crippen molar-refractivity contribution in [3.8, 4) is 0 Å². The van der Waals surface area contributed by atoms with Crippen LogP contribution in [-0.2, 0) is 17.8 Å². The third kappa shape index (κ3) is 3.65. The number of tetrazole rings is 1. The van der Waals surface area contributed by atoms with Crippen LogP contribution in [0.25, 0.3) is 0 Å². The highest BCUT2D eigenvalue weighted by Gasteiger charge is 2.02. The zero-order valence-electron chi connectivity index (χ0n) is 10.2. The number of aryl methyl sites for hydroxylation is 1. The van der Waals surface area contributed by atoms with Gasteiger partial charge in [0.2, 0.25) is 5.91 Å². The van der Waals surface area contributed by atoms with Crippen LogP contribution in [0.5, 0.6) is 0 Å². The average molecular weight is 245 g/mol. The van der Waals surface area contributed by atoms with Crippen molar-refractivity contribution in [1.29, 1.82) is 0 Å². The molecule has 0 saturated heterocycles. The van der Waals surface area contributed by atoms with Gasteiger partial charge in [0.25, 0.3) is 0 Å². The van der Waals surface area contributed by atoms with Gasteiger partial charge < -0.3 is 5.32 Å². The van der Waals surface area contributed by atoms with Gasteiger partial charge in [0, 0.05) is 6.54 Å². The predicted octanol–water partition coefficient (Wildman–Crippen LogP) is 0.340. The molecular weight excluding hydrogens is 230 g/mol. The molecule has 0 bridgehead atoms. The Kier molecular flexibility index (Phi) is 4.01. The molecule has 6 heteroatoms. The summed E-state index contributed by atoms with van der Waals surface area (Å²) in [5, 5.41) is 14.0. The SMILES string of the molecule is Cc1ccc(CC(=O)NCCn2ncnn2)cc1. The molecule has 0 atom stereocenters. The van der Waals surface area contributed by atoms with Crippen molar-refractivity contribution in [3.63, 3.8) is 0 Å². The van der Waals surface area contributed by atoms with E-state index in [9.17, 15) is 4.79 Å². The summed E-state index contributed by atoms with van der Waals surface area (Å²) in [6.45, 7) is 3.05. The van der Waals surface area contributed by atoms with E-state index in [1.165, 1.54) is 16.7 Å². The van der Waals surface area contributed by atoms with Gasteiger partial charge in [-0.25, -0.2) is 0 Å². The molecule has 94 valence electrons. The first-order valence-electron chi connectivity index (χ1n) is 5.77. The molecule has 2 rings (SSSR count). The van der Waals surface area contributed by atoms with E-state index < -0.39 is 0 Å². The van der Waals surface area contributed by atoms with E-state index >= 15 is 0 Å². The molecule has 0 unspecified atom stereocenters. The smallest absolute Gasteiger partial charge is 0.224 e. The maximum atomic E-state index is 11.6. The number of nitrogens with zero attached hydrogens (tertiary/aromatic N) is 4. The van der Waals surface area contributed by atoms with Crippen LogP contribution in [0.15, 0.2) is 30.6 Å². The van der Waals surface area contributed by atoms with Crippen LogP contribution in [0.2, 0.25) is 0 Å². The third-order valence-electron chi connectivity index (χ3n) is 2.51. The fraction of sp³-hybridized carbons (Fsp3) is 0.333. The zero-order valence-corrected chi connectivity index (χ0v) is 10.2. The third-order valence-corrected chi connectivity index (χ3v) is 2.51. The summed E-state index contributed by atoms with van der Waals surface area (Å²) in [6.07, 6.45) is 1.76. The van der Waals surface area contributed by atoms with E-state index in [4.69, 9.17) is 0 Å². The molecule has 0 aliphatic rings. The van der Waals surface area contributed by atoms with E-state index in [2.05, 4.69) is 20.7 Å². The number of amides is 1. The highest BCUT2D eigenvalue weighted by Crippen LogP contribution is 2.03. The van der Waals surface area contributed by atoms with E-state index in [1.807, 2.05) is 31.2 Å². The Labute approximate surface area is 105 Å². The Morgan fingerprint density at radius 3 is 2.78 bits per heavy atom. The van der Waals surface area contributed by atoms with Crippen LogP contribution >= 0.6 is 0 Å². The van der Waals surface area contributed by atoms with Gasteiger partial charge in [-0.1, -0.05) is 29.8 Å². The molecule has 1 heterocycles. The van der Waals surface area contributed by atoms with Gasteiger partial charge in [-0.2, -0.15) is 4.80 Å². The fourth-order valence-corrected chi connectivity index (χ4v) is 1.54. The van der Waals surface area contributed by atoms with Crippen molar-refractivity contribution in [2.45, 2.75) is 19.9 Å². The molecular formula is C12H15N5O. The van der Waals surface area contributed by atoms with E-state index in [-0.39, 0.29) is 5.91 Å². The van der Waals surface area contributed by atoms with Gasteiger partial charge in [0.15, 0.2) is 6.33 Å². The maximum Gasteiger partial charge on any atom is 0.224 e. The van der Waals surface area contributed by atoms with Crippen LogP contribution < -0.4 is 5.32 Å². The molecule has 18 heavy (non-hydrogen) atoms. The Bertz CT molecular complexity index is 492. The average Bonchev–Trinajstić information content (AvgIpc) is 2.85. The van der Waals surface area contributed by atoms with E-state index in [0.29, 0.717) is 19.5 Å². The molecule has 0 aliphatic heterocycles. The summed E-state index contributed by atoms with van der Waals surface area (Å²) in [5.41, 5.74) is 2.20. The van der Waals surface area contributed by atoms with Crippen LogP contribution in [0, 0.1) is 6.92 Å². The fourth-order valence-electron chi connectivity index (χ4n) is 1.54. The monoisotopic (exact) mass is 245 g/mol. The molecule has 6 nitrogen and oxygen atoms in total. The topological polar surface area (TPSA) is 72.7 Å². The standard InChI is InChI=1S/C12H15N5O/c1-10-2-4-11(5-3-10)8-12(18)13-6-7-17-15-9-14-16-17/h2-5,9H,6-8H2,1H3,(H,13,18). The van der Waals surface area contributed by atoms with E-state index in [1.54, 1.807) is 0 Å². The molecule has 0 radical (unpaired) electrons. The Morgan fingerprint density at radius 2 is 2.11 bits per heavy atom. The molecule has 0 spiro atoms. The Balaban J connectivity index is 1.73. The van der Waals surface area contributed by atoms with Gasteiger partial charge in [0.05, 0.1) is 13.0 Å². The highest BCUT2D eigenvalue weighted by atomic mass is 16.1. The number of benzene rings is 1. The lowest BCUT2D eigenvalue weighted by atomic mass is 10.1. The second-order valence-corrected chi connectivity index (χ2v) is 4.04. The summed E-state index contributed by atoms with van der Waals surface area (Å²) in [5.74, 6) is -0.000955. The summed E-state index contributed by atoms with van der Waals surface area (Å²) in [7, 11) is 0. The first kappa shape index (κ1) is 12.2.